The van der Waals surface area contributed by atoms with Crippen molar-refractivity contribution < 1.29 is 14.5 Å². The highest BCUT2D eigenvalue weighted by molar-refractivity contribution is 6.45. The fraction of sp³-hybridized carbons (Fsp3) is 0.250. The summed E-state index contributed by atoms with van der Waals surface area (Å²) in [5.74, 6) is -0.357. The lowest BCUT2D eigenvalue weighted by Crippen LogP contribution is -2.29. The largest absolute Gasteiger partial charge is 0.398 e. The van der Waals surface area contributed by atoms with Gasteiger partial charge in [-0.05, 0) is 31.5 Å². The van der Waals surface area contributed by atoms with Gasteiger partial charge >= 0.3 is 0 Å². The Kier molecular flexibility index (Phi) is 7.84. The Balaban J connectivity index is 2.27. The molecule has 0 aliphatic heterocycles. The van der Waals surface area contributed by atoms with Crippen LogP contribution in [0.4, 0.5) is 0 Å². The van der Waals surface area contributed by atoms with Gasteiger partial charge in [0.2, 0.25) is 0 Å². The molecule has 0 aliphatic rings. The molecule has 0 saturated heterocycles. The Hall–Kier alpha value is -2.57. The lowest BCUT2D eigenvalue weighted by molar-refractivity contribution is -0.114. The van der Waals surface area contributed by atoms with Gasteiger partial charge in [0.15, 0.2) is 5.71 Å². The maximum atomic E-state index is 12.2. The molecular weight excluding hydrogens is 401 g/mol. The number of hydrogen-bond donors (Lipinski definition) is 1. The molecule has 1 amide bonds. The zero-order chi connectivity index (χ0) is 20.7. The summed E-state index contributed by atoms with van der Waals surface area (Å²) in [5, 5.41) is 11.5. The van der Waals surface area contributed by atoms with Crippen molar-refractivity contribution in [2.75, 3.05) is 14.2 Å². The summed E-state index contributed by atoms with van der Waals surface area (Å²) in [4.78, 5) is 22.6. The topological polar surface area (TPSA) is 72.3 Å². The smallest absolute Gasteiger partial charge is 0.273 e. The molecule has 2 aromatic carbocycles. The van der Waals surface area contributed by atoms with Crippen molar-refractivity contribution in [2.45, 2.75) is 20.5 Å². The second-order valence-electron chi connectivity index (χ2n) is 5.88. The van der Waals surface area contributed by atoms with E-state index in [2.05, 4.69) is 15.6 Å². The fourth-order valence-corrected chi connectivity index (χ4v) is 2.80. The number of amides is 1. The predicted molar refractivity (Wildman–Crippen MR) is 112 cm³/mol. The third-order valence-electron chi connectivity index (χ3n) is 4.04. The average Bonchev–Trinajstić information content (AvgIpc) is 2.68. The van der Waals surface area contributed by atoms with Gasteiger partial charge in [-0.3, -0.25) is 4.79 Å². The number of carbonyl (C=O) groups is 1. The van der Waals surface area contributed by atoms with Gasteiger partial charge < -0.3 is 15.0 Å². The molecule has 148 valence electrons. The molecule has 0 fully saturated rings. The van der Waals surface area contributed by atoms with Crippen LogP contribution < -0.4 is 5.32 Å². The summed E-state index contributed by atoms with van der Waals surface area (Å²) in [7, 11) is 2.92. The van der Waals surface area contributed by atoms with Crippen molar-refractivity contribution >= 4 is 40.5 Å². The molecular formula is C20H21Cl2N3O3. The van der Waals surface area contributed by atoms with Crippen molar-refractivity contribution in [2.24, 2.45) is 10.3 Å². The highest BCUT2D eigenvalue weighted by Gasteiger charge is 2.19. The van der Waals surface area contributed by atoms with Gasteiger partial charge in [0.1, 0.15) is 13.7 Å². The van der Waals surface area contributed by atoms with Crippen LogP contribution in [0.25, 0.3) is 0 Å². The lowest BCUT2D eigenvalue weighted by atomic mass is 9.98. The highest BCUT2D eigenvalue weighted by atomic mass is 35.5. The molecule has 0 aliphatic carbocycles. The van der Waals surface area contributed by atoms with E-state index in [4.69, 9.17) is 32.9 Å². The number of hydrogen-bond acceptors (Lipinski definition) is 5. The summed E-state index contributed by atoms with van der Waals surface area (Å²) < 4.78 is 0. The first-order chi connectivity index (χ1) is 13.4. The van der Waals surface area contributed by atoms with Gasteiger partial charge in [-0.2, -0.15) is 0 Å². The molecule has 8 heteroatoms. The van der Waals surface area contributed by atoms with E-state index in [9.17, 15) is 4.79 Å². The van der Waals surface area contributed by atoms with Gasteiger partial charge in [-0.1, -0.05) is 57.8 Å². The van der Waals surface area contributed by atoms with Gasteiger partial charge in [0.05, 0.1) is 15.8 Å². The number of aryl methyl sites for hydroxylation is 1. The SMILES string of the molecule is CNC(=O)/C(=N/OC)c1cccc(C)c1CO/N=C(\C)c1ccc(Cl)c(Cl)c1. The Morgan fingerprint density at radius 3 is 2.54 bits per heavy atom. The minimum Gasteiger partial charge on any atom is -0.398 e. The van der Waals surface area contributed by atoms with Crippen LogP contribution in [-0.2, 0) is 21.1 Å². The van der Waals surface area contributed by atoms with Crippen LogP contribution >= 0.6 is 23.2 Å². The summed E-state index contributed by atoms with van der Waals surface area (Å²) in [6, 6.07) is 10.8. The molecule has 0 radical (unpaired) electrons. The second-order valence-corrected chi connectivity index (χ2v) is 6.70. The molecule has 1 N–H and O–H groups in total. The van der Waals surface area contributed by atoms with E-state index in [1.807, 2.05) is 25.1 Å². The fourth-order valence-electron chi connectivity index (χ4n) is 2.51. The summed E-state index contributed by atoms with van der Waals surface area (Å²) >= 11 is 12.0. The van der Waals surface area contributed by atoms with Crippen LogP contribution in [0, 0.1) is 6.92 Å². The minimum atomic E-state index is -0.357. The Labute approximate surface area is 174 Å². The molecule has 0 atom stereocenters. The van der Waals surface area contributed by atoms with Crippen molar-refractivity contribution in [1.82, 2.24) is 5.32 Å². The van der Waals surface area contributed by atoms with Crippen LogP contribution in [-0.4, -0.2) is 31.5 Å². The van der Waals surface area contributed by atoms with Gasteiger partial charge in [0, 0.05) is 23.7 Å². The molecule has 0 bridgehead atoms. The molecule has 0 saturated carbocycles. The van der Waals surface area contributed by atoms with Crippen molar-refractivity contribution in [1.29, 1.82) is 0 Å². The zero-order valence-electron chi connectivity index (χ0n) is 16.0. The van der Waals surface area contributed by atoms with E-state index >= 15 is 0 Å². The molecule has 0 spiro atoms. The van der Waals surface area contributed by atoms with Gasteiger partial charge in [0.25, 0.3) is 5.91 Å². The van der Waals surface area contributed by atoms with Crippen LogP contribution in [0.1, 0.15) is 29.2 Å². The summed E-state index contributed by atoms with van der Waals surface area (Å²) in [6.45, 7) is 3.88. The van der Waals surface area contributed by atoms with Crippen molar-refractivity contribution in [3.63, 3.8) is 0 Å². The number of rotatable bonds is 7. The first-order valence-electron chi connectivity index (χ1n) is 8.43. The Bertz CT molecular complexity index is 927. The minimum absolute atomic E-state index is 0.153. The van der Waals surface area contributed by atoms with E-state index in [0.29, 0.717) is 21.3 Å². The molecule has 2 rings (SSSR count). The van der Waals surface area contributed by atoms with Crippen LogP contribution in [0.5, 0.6) is 0 Å². The summed E-state index contributed by atoms with van der Waals surface area (Å²) in [5.41, 5.74) is 3.94. The zero-order valence-corrected chi connectivity index (χ0v) is 17.6. The second kappa shape index (κ2) is 10.1. The first-order valence-corrected chi connectivity index (χ1v) is 9.18. The predicted octanol–water partition coefficient (Wildman–Crippen LogP) is 4.34. The number of benzene rings is 2. The molecule has 28 heavy (non-hydrogen) atoms. The average molecular weight is 422 g/mol. The first kappa shape index (κ1) is 21.7. The number of oxime groups is 2. The van der Waals surface area contributed by atoms with Crippen molar-refractivity contribution in [3.05, 3.63) is 68.7 Å². The third kappa shape index (κ3) is 5.24. The normalized spacial score (nSPS) is 11.9. The molecule has 6 nitrogen and oxygen atoms in total. The van der Waals surface area contributed by atoms with Crippen molar-refractivity contribution in [3.8, 4) is 0 Å². The molecule has 0 aromatic heterocycles. The maximum absolute atomic E-state index is 12.2. The molecule has 2 aromatic rings. The van der Waals surface area contributed by atoms with Gasteiger partial charge in [-0.15, -0.1) is 0 Å². The quantitative estimate of drug-likeness (QED) is 0.533. The molecule has 0 heterocycles. The van der Waals surface area contributed by atoms with Crippen LogP contribution in [0.3, 0.4) is 0 Å². The number of carbonyl (C=O) groups excluding carboxylic acids is 1. The van der Waals surface area contributed by atoms with E-state index in [-0.39, 0.29) is 18.2 Å². The lowest BCUT2D eigenvalue weighted by Gasteiger charge is -2.13. The number of likely N-dealkylation sites (N-methyl/N-ethyl adjacent to an activating group) is 1. The number of nitrogens with zero attached hydrogens (tertiary/aromatic N) is 2. The monoisotopic (exact) mass is 421 g/mol. The van der Waals surface area contributed by atoms with E-state index in [0.717, 1.165) is 16.7 Å². The van der Waals surface area contributed by atoms with Crippen LogP contribution in [0.15, 0.2) is 46.7 Å². The number of halogens is 2. The number of nitrogens with one attached hydrogen (secondary N) is 1. The standard InChI is InChI=1S/C20H21Cl2N3O3/c1-12-6-5-7-15(19(25-27-4)20(26)23-3)16(12)11-28-24-13(2)14-8-9-17(21)18(22)10-14/h5-10H,11H2,1-4H3,(H,23,26)/b24-13+,25-19+. The summed E-state index contributed by atoms with van der Waals surface area (Å²) in [6.07, 6.45) is 0. The van der Waals surface area contributed by atoms with E-state index in [1.54, 1.807) is 25.1 Å². The highest BCUT2D eigenvalue weighted by Crippen LogP contribution is 2.23. The van der Waals surface area contributed by atoms with E-state index in [1.165, 1.54) is 14.2 Å². The Morgan fingerprint density at radius 2 is 1.89 bits per heavy atom. The third-order valence-corrected chi connectivity index (χ3v) is 4.78. The van der Waals surface area contributed by atoms with E-state index < -0.39 is 0 Å². The Morgan fingerprint density at radius 1 is 1.14 bits per heavy atom. The van der Waals surface area contributed by atoms with Gasteiger partial charge in [-0.25, -0.2) is 0 Å². The van der Waals surface area contributed by atoms with Crippen LogP contribution in [0.2, 0.25) is 10.0 Å². The maximum Gasteiger partial charge on any atom is 0.273 e. The molecule has 0 unspecified atom stereocenters.